The number of nitrogens with zero attached hydrogens (tertiary/aromatic N) is 1. The monoisotopic (exact) mass is 240 g/mol. The molecule has 1 aromatic heterocycles. The summed E-state index contributed by atoms with van der Waals surface area (Å²) in [6.45, 7) is 1.76. The Kier molecular flexibility index (Phi) is 4.65. The van der Waals surface area contributed by atoms with E-state index in [0.717, 1.165) is 0 Å². The zero-order valence-electron chi connectivity index (χ0n) is 9.51. The molecule has 94 valence electrons. The smallest absolute Gasteiger partial charge is 0.326 e. The fraction of sp³-hybridized carbons (Fsp3) is 0.500. The van der Waals surface area contributed by atoms with Crippen LogP contribution in [-0.4, -0.2) is 39.0 Å². The number of carboxylic acid groups (broad SMARTS) is 1. The van der Waals surface area contributed by atoms with Crippen molar-refractivity contribution in [3.05, 3.63) is 18.2 Å². The molecule has 0 aliphatic heterocycles. The van der Waals surface area contributed by atoms with Crippen LogP contribution in [0.15, 0.2) is 12.5 Å². The molecule has 1 aromatic rings. The minimum absolute atomic E-state index is 0.150. The number of aromatic amines is 1. The van der Waals surface area contributed by atoms with E-state index >= 15 is 0 Å². The molecule has 2 atom stereocenters. The van der Waals surface area contributed by atoms with Crippen LogP contribution in [0.25, 0.3) is 0 Å². The number of amides is 1. The number of nitrogens with two attached hydrogens (primary N) is 1. The number of rotatable bonds is 6. The van der Waals surface area contributed by atoms with Gasteiger partial charge in [-0.05, 0) is 6.42 Å². The molecule has 0 fully saturated rings. The summed E-state index contributed by atoms with van der Waals surface area (Å²) < 4.78 is 0. The van der Waals surface area contributed by atoms with Crippen LogP contribution >= 0.6 is 0 Å². The maximum atomic E-state index is 11.5. The Morgan fingerprint density at radius 3 is 2.82 bits per heavy atom. The average molecular weight is 240 g/mol. The molecule has 0 saturated heterocycles. The summed E-state index contributed by atoms with van der Waals surface area (Å²) >= 11 is 0. The lowest BCUT2D eigenvalue weighted by Gasteiger charge is -2.16. The van der Waals surface area contributed by atoms with Gasteiger partial charge in [0.05, 0.1) is 12.4 Å². The molecule has 5 N–H and O–H groups in total. The SMILES string of the molecule is CC[C@@H](N)C(=O)NC(Cc1cnc[nH]1)C(=O)O. The number of aromatic nitrogens is 2. The third kappa shape index (κ3) is 3.87. The van der Waals surface area contributed by atoms with Gasteiger partial charge in [0.1, 0.15) is 6.04 Å². The predicted octanol–water partition coefficient (Wildman–Crippen LogP) is -0.741. The van der Waals surface area contributed by atoms with Gasteiger partial charge < -0.3 is 21.1 Å². The zero-order chi connectivity index (χ0) is 12.8. The normalized spacial score (nSPS) is 14.0. The average Bonchev–Trinajstić information content (AvgIpc) is 2.79. The molecule has 0 aliphatic rings. The summed E-state index contributed by atoms with van der Waals surface area (Å²) in [5.74, 6) is -1.56. The Balaban J connectivity index is 2.61. The first kappa shape index (κ1) is 13.2. The molecule has 1 rings (SSSR count). The standard InChI is InChI=1S/C10H16N4O3/c1-2-7(11)9(15)14-8(10(16)17)3-6-4-12-5-13-6/h4-5,7-8H,2-3,11H2,1H3,(H,12,13)(H,14,15)(H,16,17)/t7-,8?/m1/s1. The first-order valence-corrected chi connectivity index (χ1v) is 5.30. The van der Waals surface area contributed by atoms with Gasteiger partial charge in [-0.3, -0.25) is 4.79 Å². The Bertz CT molecular complexity index is 377. The number of hydrogen-bond acceptors (Lipinski definition) is 4. The Labute approximate surface area is 98.4 Å². The molecule has 0 spiro atoms. The summed E-state index contributed by atoms with van der Waals surface area (Å²) in [6, 6.07) is -1.68. The first-order chi connectivity index (χ1) is 8.04. The van der Waals surface area contributed by atoms with Crippen molar-refractivity contribution in [2.24, 2.45) is 5.73 Å². The van der Waals surface area contributed by atoms with Gasteiger partial charge in [-0.1, -0.05) is 6.92 Å². The fourth-order valence-electron chi connectivity index (χ4n) is 1.28. The molecule has 0 radical (unpaired) electrons. The van der Waals surface area contributed by atoms with Crippen molar-refractivity contribution in [1.29, 1.82) is 0 Å². The number of nitrogens with one attached hydrogen (secondary N) is 2. The number of carbonyl (C=O) groups is 2. The second kappa shape index (κ2) is 6.00. The second-order valence-electron chi connectivity index (χ2n) is 3.70. The molecule has 0 bridgehead atoms. The van der Waals surface area contributed by atoms with E-state index in [4.69, 9.17) is 10.8 Å². The van der Waals surface area contributed by atoms with E-state index in [0.29, 0.717) is 12.1 Å². The van der Waals surface area contributed by atoms with Crippen LogP contribution in [-0.2, 0) is 16.0 Å². The van der Waals surface area contributed by atoms with E-state index in [2.05, 4.69) is 15.3 Å². The number of carboxylic acids is 1. The number of hydrogen-bond donors (Lipinski definition) is 4. The van der Waals surface area contributed by atoms with Crippen molar-refractivity contribution in [3.8, 4) is 0 Å². The van der Waals surface area contributed by atoms with E-state index in [1.807, 2.05) is 0 Å². The van der Waals surface area contributed by atoms with Crippen LogP contribution in [0.4, 0.5) is 0 Å². The molecular formula is C10H16N4O3. The molecule has 1 unspecified atom stereocenters. The molecule has 1 amide bonds. The lowest BCUT2D eigenvalue weighted by atomic mass is 10.1. The highest BCUT2D eigenvalue weighted by atomic mass is 16.4. The van der Waals surface area contributed by atoms with E-state index < -0.39 is 24.0 Å². The molecule has 17 heavy (non-hydrogen) atoms. The van der Waals surface area contributed by atoms with E-state index in [9.17, 15) is 9.59 Å². The topological polar surface area (TPSA) is 121 Å². The van der Waals surface area contributed by atoms with E-state index in [-0.39, 0.29) is 6.42 Å². The lowest BCUT2D eigenvalue weighted by molar-refractivity contribution is -0.142. The lowest BCUT2D eigenvalue weighted by Crippen LogP contribution is -2.49. The molecule has 0 aliphatic carbocycles. The minimum Gasteiger partial charge on any atom is -0.480 e. The van der Waals surface area contributed by atoms with Crippen molar-refractivity contribution in [2.45, 2.75) is 31.8 Å². The van der Waals surface area contributed by atoms with Crippen molar-refractivity contribution in [3.63, 3.8) is 0 Å². The van der Waals surface area contributed by atoms with Crippen molar-refractivity contribution in [2.75, 3.05) is 0 Å². The van der Waals surface area contributed by atoms with E-state index in [1.165, 1.54) is 12.5 Å². The van der Waals surface area contributed by atoms with Crippen molar-refractivity contribution >= 4 is 11.9 Å². The van der Waals surface area contributed by atoms with Crippen molar-refractivity contribution < 1.29 is 14.7 Å². The number of carbonyl (C=O) groups excluding carboxylic acids is 1. The number of imidazole rings is 1. The molecule has 7 nitrogen and oxygen atoms in total. The van der Waals surface area contributed by atoms with Crippen LogP contribution in [0, 0.1) is 0 Å². The van der Waals surface area contributed by atoms with Crippen LogP contribution in [0.1, 0.15) is 19.0 Å². The van der Waals surface area contributed by atoms with Gasteiger partial charge in [-0.2, -0.15) is 0 Å². The fourth-order valence-corrected chi connectivity index (χ4v) is 1.28. The van der Waals surface area contributed by atoms with Gasteiger partial charge in [0.25, 0.3) is 0 Å². The highest BCUT2D eigenvalue weighted by Gasteiger charge is 2.23. The van der Waals surface area contributed by atoms with Gasteiger partial charge in [0, 0.05) is 18.3 Å². The first-order valence-electron chi connectivity index (χ1n) is 5.30. The molecule has 7 heteroatoms. The van der Waals surface area contributed by atoms with Crippen molar-refractivity contribution in [1.82, 2.24) is 15.3 Å². The summed E-state index contributed by atoms with van der Waals surface area (Å²) in [5, 5.41) is 11.4. The van der Waals surface area contributed by atoms with Crippen LogP contribution in [0.3, 0.4) is 0 Å². The number of H-pyrrole nitrogens is 1. The quantitative estimate of drug-likeness (QED) is 0.521. The number of aliphatic carboxylic acids is 1. The molecule has 0 saturated carbocycles. The third-order valence-corrected chi connectivity index (χ3v) is 2.37. The predicted molar refractivity (Wildman–Crippen MR) is 60.1 cm³/mol. The van der Waals surface area contributed by atoms with E-state index in [1.54, 1.807) is 6.92 Å². The summed E-state index contributed by atoms with van der Waals surface area (Å²) in [5.41, 5.74) is 6.15. The Morgan fingerprint density at radius 1 is 1.65 bits per heavy atom. The summed E-state index contributed by atoms with van der Waals surface area (Å²) in [6.07, 6.45) is 3.58. The largest absolute Gasteiger partial charge is 0.480 e. The molecular weight excluding hydrogens is 224 g/mol. The summed E-state index contributed by atoms with van der Waals surface area (Å²) in [7, 11) is 0. The van der Waals surface area contributed by atoms with Crippen LogP contribution < -0.4 is 11.1 Å². The van der Waals surface area contributed by atoms with Crippen LogP contribution in [0.5, 0.6) is 0 Å². The van der Waals surface area contributed by atoms with Gasteiger partial charge in [0.15, 0.2) is 0 Å². The minimum atomic E-state index is -1.10. The van der Waals surface area contributed by atoms with Gasteiger partial charge in [-0.25, -0.2) is 9.78 Å². The molecule has 1 heterocycles. The highest BCUT2D eigenvalue weighted by molar-refractivity contribution is 5.86. The Hall–Kier alpha value is -1.89. The zero-order valence-corrected chi connectivity index (χ0v) is 9.51. The van der Waals surface area contributed by atoms with Gasteiger partial charge in [0.2, 0.25) is 5.91 Å². The highest BCUT2D eigenvalue weighted by Crippen LogP contribution is 1.99. The molecule has 0 aromatic carbocycles. The third-order valence-electron chi connectivity index (χ3n) is 2.37. The second-order valence-corrected chi connectivity index (χ2v) is 3.70. The van der Waals surface area contributed by atoms with Crippen LogP contribution in [0.2, 0.25) is 0 Å². The van der Waals surface area contributed by atoms with Gasteiger partial charge in [-0.15, -0.1) is 0 Å². The summed E-state index contributed by atoms with van der Waals surface area (Å²) in [4.78, 5) is 29.0. The maximum absolute atomic E-state index is 11.5. The Morgan fingerprint density at radius 2 is 2.35 bits per heavy atom. The van der Waals surface area contributed by atoms with Gasteiger partial charge >= 0.3 is 5.97 Å². The maximum Gasteiger partial charge on any atom is 0.326 e.